The molecule has 14 heavy (non-hydrogen) atoms. The van der Waals surface area contributed by atoms with Crippen LogP contribution in [-0.4, -0.2) is 18.9 Å². The highest BCUT2D eigenvalue weighted by Crippen LogP contribution is 2.27. The van der Waals surface area contributed by atoms with E-state index in [2.05, 4.69) is 11.7 Å². The highest BCUT2D eigenvalue weighted by Gasteiger charge is 2.28. The molecule has 1 aliphatic carbocycles. The summed E-state index contributed by atoms with van der Waals surface area (Å²) >= 11 is 0. The van der Waals surface area contributed by atoms with Gasteiger partial charge in [0.15, 0.2) is 5.78 Å². The Hall–Kier alpha value is -1.12. The number of hydrogen-bond donors (Lipinski definition) is 0. The molecule has 0 bridgehead atoms. The van der Waals surface area contributed by atoms with Crippen molar-refractivity contribution in [3.05, 3.63) is 11.1 Å². The molecule has 0 N–H and O–H groups in total. The molecule has 0 aromatic carbocycles. The Morgan fingerprint density at radius 2 is 2.14 bits per heavy atom. The molecule has 78 valence electrons. The second-order valence-corrected chi connectivity index (χ2v) is 3.50. The number of esters is 1. The Morgan fingerprint density at radius 1 is 1.43 bits per heavy atom. The van der Waals surface area contributed by atoms with Gasteiger partial charge in [-0.2, -0.15) is 0 Å². The number of unbranched alkanes of at least 4 members (excludes halogenated alkanes) is 1. The van der Waals surface area contributed by atoms with Crippen LogP contribution in [-0.2, 0) is 14.3 Å². The van der Waals surface area contributed by atoms with E-state index in [9.17, 15) is 9.59 Å². The molecule has 0 spiro atoms. The van der Waals surface area contributed by atoms with Crippen molar-refractivity contribution in [1.29, 1.82) is 0 Å². The monoisotopic (exact) mass is 196 g/mol. The van der Waals surface area contributed by atoms with Crippen LogP contribution in [0.15, 0.2) is 11.1 Å². The van der Waals surface area contributed by atoms with Crippen molar-refractivity contribution in [1.82, 2.24) is 0 Å². The Balaban J connectivity index is 2.79. The molecular weight excluding hydrogens is 180 g/mol. The maximum atomic E-state index is 11.4. The fourth-order valence-electron chi connectivity index (χ4n) is 1.71. The quantitative estimate of drug-likeness (QED) is 0.510. The van der Waals surface area contributed by atoms with Gasteiger partial charge < -0.3 is 4.74 Å². The molecule has 0 aliphatic heterocycles. The fraction of sp³-hybridized carbons (Fsp3) is 0.636. The SMILES string of the molecule is CCCCC1=C(C(=O)OC)C(=O)CC1. The lowest BCUT2D eigenvalue weighted by Crippen LogP contribution is -2.11. The van der Waals surface area contributed by atoms with E-state index < -0.39 is 5.97 Å². The van der Waals surface area contributed by atoms with Crippen LogP contribution in [0.4, 0.5) is 0 Å². The van der Waals surface area contributed by atoms with Crippen molar-refractivity contribution in [2.75, 3.05) is 7.11 Å². The minimum Gasteiger partial charge on any atom is -0.465 e. The molecule has 3 heteroatoms. The second-order valence-electron chi connectivity index (χ2n) is 3.50. The zero-order chi connectivity index (χ0) is 10.6. The van der Waals surface area contributed by atoms with Gasteiger partial charge in [0.25, 0.3) is 0 Å². The number of allylic oxidation sites excluding steroid dienone is 1. The Labute approximate surface area is 84.1 Å². The van der Waals surface area contributed by atoms with Gasteiger partial charge in [-0.1, -0.05) is 18.9 Å². The summed E-state index contributed by atoms with van der Waals surface area (Å²) < 4.78 is 4.60. The van der Waals surface area contributed by atoms with E-state index in [1.807, 2.05) is 0 Å². The van der Waals surface area contributed by atoms with Crippen molar-refractivity contribution < 1.29 is 14.3 Å². The van der Waals surface area contributed by atoms with E-state index in [4.69, 9.17) is 0 Å². The summed E-state index contributed by atoms with van der Waals surface area (Å²) in [4.78, 5) is 22.7. The third-order valence-corrected chi connectivity index (χ3v) is 2.51. The molecule has 0 atom stereocenters. The van der Waals surface area contributed by atoms with Crippen LogP contribution in [0.3, 0.4) is 0 Å². The Kier molecular flexibility index (Phi) is 3.86. The number of ketones is 1. The predicted octanol–water partition coefficient (Wildman–Crippen LogP) is 2.01. The first-order valence-electron chi connectivity index (χ1n) is 5.04. The highest BCUT2D eigenvalue weighted by molar-refractivity contribution is 6.19. The lowest BCUT2D eigenvalue weighted by molar-refractivity contribution is -0.137. The molecule has 0 fully saturated rings. The summed E-state index contributed by atoms with van der Waals surface area (Å²) in [5, 5.41) is 0. The van der Waals surface area contributed by atoms with Crippen LogP contribution in [0.1, 0.15) is 39.0 Å². The van der Waals surface area contributed by atoms with Crippen molar-refractivity contribution in [2.45, 2.75) is 39.0 Å². The largest absolute Gasteiger partial charge is 0.465 e. The lowest BCUT2D eigenvalue weighted by Gasteiger charge is -2.03. The zero-order valence-corrected chi connectivity index (χ0v) is 8.76. The standard InChI is InChI=1S/C11H16O3/c1-3-4-5-8-6-7-9(12)10(8)11(13)14-2/h3-7H2,1-2H3. The summed E-state index contributed by atoms with van der Waals surface area (Å²) in [6.45, 7) is 2.09. The second kappa shape index (κ2) is 4.94. The summed E-state index contributed by atoms with van der Waals surface area (Å²) in [7, 11) is 1.32. The first-order chi connectivity index (χ1) is 6.70. The number of methoxy groups -OCH3 is 1. The van der Waals surface area contributed by atoms with Gasteiger partial charge in [0, 0.05) is 6.42 Å². The van der Waals surface area contributed by atoms with E-state index >= 15 is 0 Å². The topological polar surface area (TPSA) is 43.4 Å². The van der Waals surface area contributed by atoms with Crippen molar-refractivity contribution in [3.8, 4) is 0 Å². The van der Waals surface area contributed by atoms with E-state index in [0.717, 1.165) is 31.3 Å². The van der Waals surface area contributed by atoms with E-state index in [1.54, 1.807) is 0 Å². The van der Waals surface area contributed by atoms with Crippen molar-refractivity contribution >= 4 is 11.8 Å². The van der Waals surface area contributed by atoms with Crippen LogP contribution in [0.5, 0.6) is 0 Å². The van der Waals surface area contributed by atoms with Gasteiger partial charge in [-0.3, -0.25) is 4.79 Å². The molecule has 0 unspecified atom stereocenters. The number of carbonyl (C=O) groups is 2. The first kappa shape index (κ1) is 11.0. The van der Waals surface area contributed by atoms with Crippen molar-refractivity contribution in [2.24, 2.45) is 0 Å². The molecular formula is C11H16O3. The van der Waals surface area contributed by atoms with Crippen LogP contribution in [0.2, 0.25) is 0 Å². The fourth-order valence-corrected chi connectivity index (χ4v) is 1.71. The molecule has 0 aromatic heterocycles. The minimum atomic E-state index is -0.460. The third-order valence-electron chi connectivity index (χ3n) is 2.51. The van der Waals surface area contributed by atoms with E-state index in [-0.39, 0.29) is 5.78 Å². The maximum absolute atomic E-state index is 11.4. The molecule has 1 aliphatic rings. The van der Waals surface area contributed by atoms with Crippen molar-refractivity contribution in [3.63, 3.8) is 0 Å². The number of rotatable bonds is 4. The molecule has 3 nitrogen and oxygen atoms in total. The minimum absolute atomic E-state index is 0.0528. The molecule has 0 saturated carbocycles. The molecule has 0 saturated heterocycles. The first-order valence-corrected chi connectivity index (χ1v) is 5.04. The summed E-state index contributed by atoms with van der Waals surface area (Å²) in [6, 6.07) is 0. The van der Waals surface area contributed by atoms with Gasteiger partial charge in [0.1, 0.15) is 5.57 Å². The van der Waals surface area contributed by atoms with Gasteiger partial charge in [0.05, 0.1) is 7.11 Å². The highest BCUT2D eigenvalue weighted by atomic mass is 16.5. The third kappa shape index (κ3) is 2.22. The summed E-state index contributed by atoms with van der Waals surface area (Å²) in [6.07, 6.45) is 4.18. The number of Topliss-reactive ketones (excluding diaryl/α,β-unsaturated/α-hetero) is 1. The number of hydrogen-bond acceptors (Lipinski definition) is 3. The van der Waals surface area contributed by atoms with Gasteiger partial charge in [-0.05, 0) is 19.3 Å². The zero-order valence-electron chi connectivity index (χ0n) is 8.76. The van der Waals surface area contributed by atoms with Crippen LogP contribution >= 0.6 is 0 Å². The Morgan fingerprint density at radius 3 is 2.71 bits per heavy atom. The number of ether oxygens (including phenoxy) is 1. The lowest BCUT2D eigenvalue weighted by atomic mass is 10.1. The van der Waals surface area contributed by atoms with Crippen LogP contribution < -0.4 is 0 Å². The summed E-state index contributed by atoms with van der Waals surface area (Å²) in [5.74, 6) is -0.512. The smallest absolute Gasteiger partial charge is 0.341 e. The van der Waals surface area contributed by atoms with Crippen LogP contribution in [0, 0.1) is 0 Å². The van der Waals surface area contributed by atoms with E-state index in [0.29, 0.717) is 12.0 Å². The molecule has 1 rings (SSSR count). The van der Waals surface area contributed by atoms with Crippen LogP contribution in [0.25, 0.3) is 0 Å². The summed E-state index contributed by atoms with van der Waals surface area (Å²) in [5.41, 5.74) is 1.31. The molecule has 0 amide bonds. The van der Waals surface area contributed by atoms with Gasteiger partial charge >= 0.3 is 5.97 Å². The van der Waals surface area contributed by atoms with Gasteiger partial charge in [-0.15, -0.1) is 0 Å². The molecule has 0 radical (unpaired) electrons. The van der Waals surface area contributed by atoms with Gasteiger partial charge in [-0.25, -0.2) is 4.79 Å². The average Bonchev–Trinajstić information content (AvgIpc) is 2.55. The molecule has 0 heterocycles. The molecule has 0 aromatic rings. The normalized spacial score (nSPS) is 16.3. The Bertz CT molecular complexity index is 276. The predicted molar refractivity (Wildman–Crippen MR) is 52.8 cm³/mol. The number of carbonyl (C=O) groups excluding carboxylic acids is 2. The maximum Gasteiger partial charge on any atom is 0.341 e. The average molecular weight is 196 g/mol. The van der Waals surface area contributed by atoms with E-state index in [1.165, 1.54) is 7.11 Å². The van der Waals surface area contributed by atoms with Gasteiger partial charge in [0.2, 0.25) is 0 Å².